The van der Waals surface area contributed by atoms with Crippen molar-refractivity contribution in [2.75, 3.05) is 30.8 Å². The number of nitrogen functional groups attached to an aromatic ring is 1. The lowest BCUT2D eigenvalue weighted by Crippen LogP contribution is -2.29. The van der Waals surface area contributed by atoms with Crippen LogP contribution in [0.15, 0.2) is 18.2 Å². The van der Waals surface area contributed by atoms with Crippen LogP contribution >= 0.6 is 0 Å². The second-order valence-electron chi connectivity index (χ2n) is 5.54. The lowest BCUT2D eigenvalue weighted by atomic mass is 9.96. The van der Waals surface area contributed by atoms with E-state index in [0.29, 0.717) is 6.61 Å². The van der Waals surface area contributed by atoms with Crippen LogP contribution in [0.1, 0.15) is 27.7 Å². The lowest BCUT2D eigenvalue weighted by molar-refractivity contribution is 0.342. The minimum absolute atomic E-state index is 0.239. The number of hydrogen-bond acceptors (Lipinski definition) is 3. The Morgan fingerprint density at radius 3 is 2.47 bits per heavy atom. The molecule has 0 heterocycles. The molecule has 0 aliphatic heterocycles. The summed E-state index contributed by atoms with van der Waals surface area (Å²) in [6.07, 6.45) is 0. The third-order valence-corrected chi connectivity index (χ3v) is 2.47. The molecule has 0 spiro atoms. The molecule has 0 amide bonds. The van der Waals surface area contributed by atoms with Crippen molar-refractivity contribution in [3.8, 4) is 5.75 Å². The molecule has 0 saturated heterocycles. The molecule has 0 atom stereocenters. The Morgan fingerprint density at radius 1 is 1.29 bits per heavy atom. The maximum Gasteiger partial charge on any atom is 0.144 e. The molecule has 0 radical (unpaired) electrons. The summed E-state index contributed by atoms with van der Waals surface area (Å²) < 4.78 is 5.51. The van der Waals surface area contributed by atoms with Crippen LogP contribution in [0.4, 0.5) is 11.4 Å². The van der Waals surface area contributed by atoms with E-state index in [4.69, 9.17) is 10.5 Å². The van der Waals surface area contributed by atoms with Gasteiger partial charge in [-0.05, 0) is 24.5 Å². The fraction of sp³-hybridized carbons (Fsp3) is 0.571. The maximum atomic E-state index is 6.12. The Bertz CT molecular complexity index is 369. The Balaban J connectivity index is 2.94. The van der Waals surface area contributed by atoms with Crippen LogP contribution in [-0.4, -0.2) is 20.2 Å². The van der Waals surface area contributed by atoms with Crippen molar-refractivity contribution in [1.29, 1.82) is 0 Å². The van der Waals surface area contributed by atoms with Crippen molar-refractivity contribution in [1.82, 2.24) is 0 Å². The van der Waals surface area contributed by atoms with Crippen molar-refractivity contribution < 1.29 is 4.74 Å². The molecule has 2 N–H and O–H groups in total. The summed E-state index contributed by atoms with van der Waals surface area (Å²) in [4.78, 5) is 2.18. The van der Waals surface area contributed by atoms with E-state index in [1.54, 1.807) is 0 Å². The molecule has 0 fully saturated rings. The van der Waals surface area contributed by atoms with Crippen LogP contribution in [0.5, 0.6) is 5.75 Å². The summed E-state index contributed by atoms with van der Waals surface area (Å²) >= 11 is 0. The van der Waals surface area contributed by atoms with E-state index in [1.165, 1.54) is 0 Å². The van der Waals surface area contributed by atoms with Crippen LogP contribution in [0.25, 0.3) is 0 Å². The second-order valence-corrected chi connectivity index (χ2v) is 5.54. The Morgan fingerprint density at radius 2 is 1.94 bits per heavy atom. The van der Waals surface area contributed by atoms with Gasteiger partial charge < -0.3 is 15.4 Å². The van der Waals surface area contributed by atoms with Gasteiger partial charge in [0.2, 0.25) is 0 Å². The smallest absolute Gasteiger partial charge is 0.144 e. The quantitative estimate of drug-likeness (QED) is 0.816. The van der Waals surface area contributed by atoms with Gasteiger partial charge in [0.15, 0.2) is 0 Å². The Kier molecular flexibility index (Phi) is 4.27. The second kappa shape index (κ2) is 5.30. The number of hydrogen-bond donors (Lipinski definition) is 1. The van der Waals surface area contributed by atoms with Gasteiger partial charge in [-0.15, -0.1) is 0 Å². The summed E-state index contributed by atoms with van der Waals surface area (Å²) in [5, 5.41) is 0. The van der Waals surface area contributed by atoms with Gasteiger partial charge in [-0.2, -0.15) is 0 Å². The predicted octanol–water partition coefficient (Wildman–Crippen LogP) is 3.15. The normalized spacial score (nSPS) is 11.4. The molecule has 0 aliphatic carbocycles. The lowest BCUT2D eigenvalue weighted by Gasteiger charge is -2.29. The number of benzene rings is 1. The molecule has 0 unspecified atom stereocenters. The molecule has 0 aromatic heterocycles. The first kappa shape index (κ1) is 13.7. The van der Waals surface area contributed by atoms with Gasteiger partial charge in [0.25, 0.3) is 0 Å². The zero-order valence-corrected chi connectivity index (χ0v) is 11.6. The van der Waals surface area contributed by atoms with Crippen molar-refractivity contribution >= 4 is 11.4 Å². The Labute approximate surface area is 105 Å². The van der Waals surface area contributed by atoms with Crippen LogP contribution in [0.2, 0.25) is 0 Å². The van der Waals surface area contributed by atoms with Crippen LogP contribution in [-0.2, 0) is 0 Å². The monoisotopic (exact) mass is 236 g/mol. The zero-order chi connectivity index (χ0) is 13.1. The molecule has 3 heteroatoms. The minimum atomic E-state index is 0.239. The van der Waals surface area contributed by atoms with E-state index < -0.39 is 0 Å². The number of nitrogens with zero attached hydrogens (tertiary/aromatic N) is 1. The average molecular weight is 236 g/mol. The van der Waals surface area contributed by atoms with E-state index in [0.717, 1.165) is 23.7 Å². The largest absolute Gasteiger partial charge is 0.492 e. The molecule has 0 aliphatic rings. The molecule has 3 nitrogen and oxygen atoms in total. The molecule has 0 saturated carbocycles. The topological polar surface area (TPSA) is 38.5 Å². The van der Waals surface area contributed by atoms with Crippen LogP contribution in [0.3, 0.4) is 0 Å². The predicted molar refractivity (Wildman–Crippen MR) is 74.7 cm³/mol. The fourth-order valence-electron chi connectivity index (χ4n) is 1.94. The molecular formula is C14H24N2O. The van der Waals surface area contributed by atoms with Gasteiger partial charge in [0, 0.05) is 13.6 Å². The van der Waals surface area contributed by atoms with Crippen molar-refractivity contribution in [2.24, 2.45) is 5.41 Å². The molecule has 1 aromatic carbocycles. The third-order valence-electron chi connectivity index (χ3n) is 2.47. The molecular weight excluding hydrogens is 212 g/mol. The van der Waals surface area contributed by atoms with Gasteiger partial charge >= 0.3 is 0 Å². The van der Waals surface area contributed by atoms with E-state index in [-0.39, 0.29) is 5.41 Å². The van der Waals surface area contributed by atoms with E-state index in [2.05, 4.69) is 32.7 Å². The summed E-state index contributed by atoms with van der Waals surface area (Å²) in [5.74, 6) is 0.769. The summed E-state index contributed by atoms with van der Waals surface area (Å²) in [6, 6.07) is 5.92. The number of anilines is 2. The summed E-state index contributed by atoms with van der Waals surface area (Å²) in [5.41, 5.74) is 8.12. The molecule has 1 aromatic rings. The average Bonchev–Trinajstić information content (AvgIpc) is 2.18. The van der Waals surface area contributed by atoms with Gasteiger partial charge in [-0.3, -0.25) is 0 Å². The highest BCUT2D eigenvalue weighted by Crippen LogP contribution is 2.32. The van der Waals surface area contributed by atoms with Gasteiger partial charge in [-0.25, -0.2) is 0 Å². The number of rotatable bonds is 4. The molecule has 1 rings (SSSR count). The van der Waals surface area contributed by atoms with Crippen molar-refractivity contribution in [2.45, 2.75) is 27.7 Å². The first-order valence-corrected chi connectivity index (χ1v) is 6.07. The molecule has 0 bridgehead atoms. The SMILES string of the molecule is CCOc1cccc(N(C)CC(C)(C)C)c1N. The maximum absolute atomic E-state index is 6.12. The Hall–Kier alpha value is -1.38. The van der Waals surface area contributed by atoms with E-state index in [1.807, 2.05) is 25.1 Å². The third kappa shape index (κ3) is 3.84. The fourth-order valence-corrected chi connectivity index (χ4v) is 1.94. The van der Waals surface area contributed by atoms with Gasteiger partial charge in [-0.1, -0.05) is 26.8 Å². The highest BCUT2D eigenvalue weighted by atomic mass is 16.5. The van der Waals surface area contributed by atoms with Crippen LogP contribution in [0, 0.1) is 5.41 Å². The van der Waals surface area contributed by atoms with E-state index >= 15 is 0 Å². The number of nitrogens with two attached hydrogens (primary N) is 1. The van der Waals surface area contributed by atoms with Crippen LogP contribution < -0.4 is 15.4 Å². The van der Waals surface area contributed by atoms with Gasteiger partial charge in [0.05, 0.1) is 18.0 Å². The standard InChI is InChI=1S/C14H24N2O/c1-6-17-12-9-7-8-11(13(12)15)16(5)10-14(2,3)4/h7-9H,6,10,15H2,1-5H3. The molecule has 96 valence electrons. The first-order valence-electron chi connectivity index (χ1n) is 6.07. The van der Waals surface area contributed by atoms with Crippen molar-refractivity contribution in [3.05, 3.63) is 18.2 Å². The summed E-state index contributed by atoms with van der Waals surface area (Å²) in [7, 11) is 2.06. The zero-order valence-electron chi connectivity index (χ0n) is 11.6. The highest BCUT2D eigenvalue weighted by molar-refractivity contribution is 5.73. The van der Waals surface area contributed by atoms with E-state index in [9.17, 15) is 0 Å². The number of ether oxygens (including phenoxy) is 1. The first-order chi connectivity index (χ1) is 7.85. The highest BCUT2D eigenvalue weighted by Gasteiger charge is 2.16. The molecule has 17 heavy (non-hydrogen) atoms. The minimum Gasteiger partial charge on any atom is -0.492 e. The summed E-state index contributed by atoms with van der Waals surface area (Å²) in [6.45, 7) is 10.2. The van der Waals surface area contributed by atoms with Crippen molar-refractivity contribution in [3.63, 3.8) is 0 Å². The number of para-hydroxylation sites is 1. The van der Waals surface area contributed by atoms with Gasteiger partial charge in [0.1, 0.15) is 5.75 Å².